The van der Waals surface area contributed by atoms with Crippen molar-refractivity contribution in [2.75, 3.05) is 0 Å². The largest absolute Gasteiger partial charge is 0.354 e. The molecule has 0 atom stereocenters. The molecule has 0 aliphatic carbocycles. The molecule has 0 saturated carbocycles. The van der Waals surface area contributed by atoms with Crippen LogP contribution in [0.1, 0.15) is 11.1 Å². The van der Waals surface area contributed by atoms with E-state index < -0.39 is 10.5 Å². The Morgan fingerprint density at radius 3 is 2.17 bits per heavy atom. The monoisotopic (exact) mass is 187 g/mol. The molecule has 0 aliphatic heterocycles. The molecule has 0 bridgehead atoms. The van der Waals surface area contributed by atoms with Crippen LogP contribution in [-0.4, -0.2) is 9.11 Å². The summed E-state index contributed by atoms with van der Waals surface area (Å²) in [6, 6.07) is 7.11. The minimum atomic E-state index is -3.64. The fraction of sp³-hybridized carbons (Fsp3) is 0.250. The van der Waals surface area contributed by atoms with E-state index in [2.05, 4.69) is 0 Å². The number of benzene rings is 1. The van der Waals surface area contributed by atoms with E-state index in [1.165, 1.54) is 0 Å². The van der Waals surface area contributed by atoms with E-state index in [1.807, 2.05) is 19.1 Å². The van der Waals surface area contributed by atoms with E-state index in [0.717, 1.165) is 5.56 Å². The third-order valence-electron chi connectivity index (χ3n) is 1.48. The van der Waals surface area contributed by atoms with Crippen molar-refractivity contribution in [3.8, 4) is 0 Å². The minimum Gasteiger partial charge on any atom is -0.157 e. The predicted octanol–water partition coefficient (Wildman–Crippen LogP) is 1.94. The predicted molar refractivity (Wildman–Crippen MR) is 48.2 cm³/mol. The van der Waals surface area contributed by atoms with Crippen LogP contribution in [0.25, 0.3) is 0 Å². The van der Waals surface area contributed by atoms with Gasteiger partial charge < -0.3 is 0 Å². The maximum Gasteiger partial charge on any atom is 0.354 e. The number of aryl methyl sites for hydroxylation is 1. The molecule has 3 nitrogen and oxygen atoms in total. The Morgan fingerprint density at radius 1 is 1.25 bits per heavy atom. The summed E-state index contributed by atoms with van der Waals surface area (Å²) in [4.78, 5) is 0. The molecule has 1 rings (SSSR count). The van der Waals surface area contributed by atoms with Gasteiger partial charge in [0.1, 0.15) is 0 Å². The summed E-state index contributed by atoms with van der Waals surface area (Å²) in [5.74, 6) is -0.201. The average Bonchev–Trinajstić information content (AvgIpc) is 1.91. The molecule has 0 heterocycles. The van der Waals surface area contributed by atoms with Crippen LogP contribution in [-0.2, 0) is 20.5 Å². The van der Waals surface area contributed by atoms with Crippen LogP contribution in [0.2, 0.25) is 0 Å². The summed E-state index contributed by atoms with van der Waals surface area (Å²) in [6.07, 6.45) is 0. The molecule has 0 aromatic heterocycles. The first-order valence-electron chi connectivity index (χ1n) is 3.50. The molecule has 0 aliphatic rings. The van der Waals surface area contributed by atoms with Gasteiger partial charge in [0, 0.05) is 5.56 Å². The van der Waals surface area contributed by atoms with Gasteiger partial charge in [0.15, 0.2) is 5.75 Å². The van der Waals surface area contributed by atoms with Crippen LogP contribution in [0.5, 0.6) is 0 Å². The van der Waals surface area contributed by atoms with Crippen molar-refractivity contribution in [2.24, 2.45) is 0 Å². The fourth-order valence-corrected chi connectivity index (χ4v) is 1.53. The van der Waals surface area contributed by atoms with E-state index in [0.29, 0.717) is 5.56 Å². The molecule has 4 heteroatoms. The van der Waals surface area contributed by atoms with Gasteiger partial charge in [-0.1, -0.05) is 29.8 Å². The normalized spacial score (nSPS) is 11.6. The molecule has 0 unspecified atom stereocenters. The van der Waals surface area contributed by atoms with Crippen LogP contribution in [0.15, 0.2) is 24.3 Å². The molecule has 12 heavy (non-hydrogen) atoms. The van der Waals surface area contributed by atoms with Crippen LogP contribution < -0.4 is 0 Å². The van der Waals surface area contributed by atoms with E-state index in [9.17, 15) is 4.21 Å². The van der Waals surface area contributed by atoms with Gasteiger partial charge in [-0.25, -0.2) is 0 Å². The van der Waals surface area contributed by atoms with Gasteiger partial charge in [-0.2, -0.15) is 9.11 Å². The van der Waals surface area contributed by atoms with Crippen molar-refractivity contribution in [3.05, 3.63) is 35.4 Å². The summed E-state index contributed by atoms with van der Waals surface area (Å²) in [5, 5.41) is 0. The topological polar surface area (TPSA) is 57.5 Å². The average molecular weight is 187 g/mol. The third kappa shape index (κ3) is 3.13. The summed E-state index contributed by atoms with van der Waals surface area (Å²) in [6.45, 7) is 1.93. The van der Waals surface area contributed by atoms with Crippen molar-refractivity contribution >= 4 is 10.5 Å². The highest BCUT2D eigenvalue weighted by molar-refractivity contribution is 7.91. The zero-order chi connectivity index (χ0) is 9.19. The molecular weight excluding hydrogens is 176 g/mol. The van der Waals surface area contributed by atoms with Crippen LogP contribution in [0, 0.1) is 6.92 Å². The zero-order valence-corrected chi connectivity index (χ0v) is 7.54. The Hall–Kier alpha value is -0.710. The van der Waals surface area contributed by atoms with Crippen molar-refractivity contribution in [1.29, 1.82) is 0 Å². The quantitative estimate of drug-likeness (QED) is 0.695. The fourth-order valence-electron chi connectivity index (χ4n) is 0.901. The highest BCUT2D eigenvalue weighted by Gasteiger charge is 2.20. The first-order valence-corrected chi connectivity index (χ1v) is 5.14. The molecule has 2 N–H and O–H groups in total. The van der Waals surface area contributed by atoms with Gasteiger partial charge >= 0.3 is 10.5 Å². The standard InChI is InChI=1S/C8H10O3S/c1-7-2-4-8(5-3-7)6-12(9,10)11/h2-5H,6H2,1H3,(H-,9,10,11)/p+1. The summed E-state index contributed by atoms with van der Waals surface area (Å²) in [7, 11) is -3.64. The maximum absolute atomic E-state index is 10.6. The lowest BCUT2D eigenvalue weighted by Crippen LogP contribution is -2.09. The minimum absolute atomic E-state index is 0.201. The zero-order valence-electron chi connectivity index (χ0n) is 6.73. The summed E-state index contributed by atoms with van der Waals surface area (Å²) in [5.41, 5.74) is 1.75. The molecule has 0 amide bonds. The Balaban J connectivity index is 2.78. The van der Waals surface area contributed by atoms with Crippen molar-refractivity contribution in [3.63, 3.8) is 0 Å². The van der Waals surface area contributed by atoms with Crippen molar-refractivity contribution < 1.29 is 13.3 Å². The molecule has 1 aromatic carbocycles. The lowest BCUT2D eigenvalue weighted by molar-refractivity contribution is 0.398. The van der Waals surface area contributed by atoms with Gasteiger partial charge in [0.2, 0.25) is 0 Å². The second-order valence-electron chi connectivity index (χ2n) is 2.74. The number of rotatable bonds is 2. The smallest absolute Gasteiger partial charge is 0.157 e. The van der Waals surface area contributed by atoms with Gasteiger partial charge in [-0.15, -0.1) is 0 Å². The Bertz CT molecular complexity index is 299. The molecule has 0 radical (unpaired) electrons. The molecular formula is C8H11O3S+. The summed E-state index contributed by atoms with van der Waals surface area (Å²) < 4.78 is 27.8. The summed E-state index contributed by atoms with van der Waals surface area (Å²) >= 11 is 0. The third-order valence-corrected chi connectivity index (χ3v) is 2.18. The lowest BCUT2D eigenvalue weighted by Gasteiger charge is -1.97. The van der Waals surface area contributed by atoms with Crippen LogP contribution in [0.3, 0.4) is 0 Å². The van der Waals surface area contributed by atoms with E-state index in [1.54, 1.807) is 12.1 Å². The Labute approximate surface area is 72.5 Å². The molecule has 0 saturated heterocycles. The van der Waals surface area contributed by atoms with Crippen molar-refractivity contribution in [1.82, 2.24) is 0 Å². The first-order chi connectivity index (χ1) is 5.47. The Kier molecular flexibility index (Phi) is 2.62. The first kappa shape index (κ1) is 9.38. The van der Waals surface area contributed by atoms with E-state index >= 15 is 0 Å². The van der Waals surface area contributed by atoms with E-state index in [4.69, 9.17) is 9.11 Å². The van der Waals surface area contributed by atoms with E-state index in [-0.39, 0.29) is 5.75 Å². The second-order valence-corrected chi connectivity index (χ2v) is 4.24. The molecule has 0 fully saturated rings. The molecule has 66 valence electrons. The highest BCUT2D eigenvalue weighted by Crippen LogP contribution is 2.09. The highest BCUT2D eigenvalue weighted by atomic mass is 32.3. The van der Waals surface area contributed by atoms with Crippen LogP contribution >= 0.6 is 0 Å². The van der Waals surface area contributed by atoms with Crippen molar-refractivity contribution in [2.45, 2.75) is 12.7 Å². The van der Waals surface area contributed by atoms with Gasteiger partial charge in [-0.05, 0) is 11.1 Å². The molecule has 1 aromatic rings. The SMILES string of the molecule is Cc1ccc(C[S+](=O)(O)O)cc1. The van der Waals surface area contributed by atoms with Crippen LogP contribution in [0.4, 0.5) is 0 Å². The second kappa shape index (κ2) is 3.35. The number of hydrogen-bond acceptors (Lipinski definition) is 1. The number of hydrogen-bond donors (Lipinski definition) is 2. The van der Waals surface area contributed by atoms with Gasteiger partial charge in [0.25, 0.3) is 0 Å². The maximum atomic E-state index is 10.6. The molecule has 0 spiro atoms. The van der Waals surface area contributed by atoms with Gasteiger partial charge in [-0.3, -0.25) is 0 Å². The lowest BCUT2D eigenvalue weighted by atomic mass is 10.2. The van der Waals surface area contributed by atoms with Gasteiger partial charge in [0.05, 0.1) is 0 Å². The Morgan fingerprint density at radius 2 is 1.75 bits per heavy atom.